The van der Waals surface area contributed by atoms with Gasteiger partial charge in [-0.25, -0.2) is 9.18 Å². The summed E-state index contributed by atoms with van der Waals surface area (Å²) in [5.74, 6) is -1.53. The van der Waals surface area contributed by atoms with Crippen molar-refractivity contribution in [3.8, 4) is 0 Å². The normalized spacial score (nSPS) is 19.5. The second-order valence-electron chi connectivity index (χ2n) is 6.27. The molecule has 1 saturated carbocycles. The van der Waals surface area contributed by atoms with E-state index in [0.717, 1.165) is 37.4 Å². The molecular weight excluding hydrogens is 359 g/mol. The van der Waals surface area contributed by atoms with E-state index in [-0.39, 0.29) is 11.8 Å². The molecule has 0 radical (unpaired) electrons. The van der Waals surface area contributed by atoms with E-state index >= 15 is 0 Å². The van der Waals surface area contributed by atoms with E-state index in [9.17, 15) is 18.8 Å². The number of hydrogen-bond donors (Lipinski definition) is 2. The Kier molecular flexibility index (Phi) is 7.90. The number of imide groups is 1. The quantitative estimate of drug-likeness (QED) is 0.584. The maximum Gasteiger partial charge on any atom is 0.321 e. The average molecular weight is 382 g/mol. The number of thioether (sulfide) groups is 1. The van der Waals surface area contributed by atoms with Crippen molar-refractivity contribution in [1.82, 2.24) is 10.6 Å². The van der Waals surface area contributed by atoms with E-state index < -0.39 is 30.3 Å². The largest absolute Gasteiger partial charge is 0.455 e. The molecule has 1 fully saturated rings. The lowest BCUT2D eigenvalue weighted by atomic mass is 9.86. The van der Waals surface area contributed by atoms with Gasteiger partial charge >= 0.3 is 12.0 Å². The first kappa shape index (κ1) is 20.2. The van der Waals surface area contributed by atoms with Gasteiger partial charge in [0.1, 0.15) is 5.82 Å². The fourth-order valence-electron chi connectivity index (χ4n) is 2.78. The number of carbonyl (C=O) groups excluding carboxylic acids is 3. The molecule has 2 rings (SSSR count). The third-order valence-corrected chi connectivity index (χ3v) is 5.25. The first-order valence-corrected chi connectivity index (χ1v) is 9.57. The average Bonchev–Trinajstić information content (AvgIpc) is 2.61. The summed E-state index contributed by atoms with van der Waals surface area (Å²) in [6.45, 7) is 1.52. The molecule has 0 aromatic heterocycles. The number of hydrogen-bond acceptors (Lipinski definition) is 5. The fourth-order valence-corrected chi connectivity index (χ4v) is 3.52. The van der Waals surface area contributed by atoms with Crippen LogP contribution in [0.25, 0.3) is 0 Å². The van der Waals surface area contributed by atoms with Crippen molar-refractivity contribution in [3.63, 3.8) is 0 Å². The molecule has 0 bridgehead atoms. The summed E-state index contributed by atoms with van der Waals surface area (Å²) in [5.41, 5.74) is 0. The van der Waals surface area contributed by atoms with Crippen LogP contribution in [-0.2, 0) is 14.3 Å². The second-order valence-corrected chi connectivity index (χ2v) is 7.29. The minimum atomic E-state index is -0.699. The maximum atomic E-state index is 13.4. The number of nitrogens with one attached hydrogen (secondary N) is 2. The molecular formula is C18H23FN2O4S. The van der Waals surface area contributed by atoms with Crippen LogP contribution >= 0.6 is 11.8 Å². The predicted octanol–water partition coefficient (Wildman–Crippen LogP) is 2.87. The van der Waals surface area contributed by atoms with E-state index in [1.54, 1.807) is 18.2 Å². The SMILES string of the molecule is C[C@H]1CCCC[C@H]1NC(=O)NC(=O)COC(=O)CSc1ccccc1F. The summed E-state index contributed by atoms with van der Waals surface area (Å²) in [6, 6.07) is 5.54. The molecule has 0 unspecified atom stereocenters. The Labute approximate surface area is 156 Å². The van der Waals surface area contributed by atoms with Gasteiger partial charge in [-0.15, -0.1) is 11.8 Å². The molecule has 8 heteroatoms. The topological polar surface area (TPSA) is 84.5 Å². The Bertz CT molecular complexity index is 656. The molecule has 0 aliphatic heterocycles. The van der Waals surface area contributed by atoms with Crippen LogP contribution in [-0.4, -0.2) is 36.3 Å². The highest BCUT2D eigenvalue weighted by molar-refractivity contribution is 8.00. The van der Waals surface area contributed by atoms with Crippen molar-refractivity contribution in [2.75, 3.05) is 12.4 Å². The highest BCUT2D eigenvalue weighted by Crippen LogP contribution is 2.23. The number of halogens is 1. The van der Waals surface area contributed by atoms with Crippen LogP contribution in [0.5, 0.6) is 0 Å². The number of ether oxygens (including phenoxy) is 1. The summed E-state index contributed by atoms with van der Waals surface area (Å²) in [4.78, 5) is 35.5. The monoisotopic (exact) mass is 382 g/mol. The van der Waals surface area contributed by atoms with Crippen LogP contribution in [0.15, 0.2) is 29.2 Å². The number of rotatable bonds is 6. The highest BCUT2D eigenvalue weighted by Gasteiger charge is 2.23. The highest BCUT2D eigenvalue weighted by atomic mass is 32.2. The number of urea groups is 1. The standard InChI is InChI=1S/C18H23FN2O4S/c1-12-6-2-4-8-14(12)20-18(24)21-16(22)10-25-17(23)11-26-15-9-5-3-7-13(15)19/h3,5,7,9,12,14H,2,4,6,8,10-11H2,1H3,(H2,20,21,22,24)/t12-,14+/m0/s1. The summed E-state index contributed by atoms with van der Waals surface area (Å²) in [6.07, 6.45) is 4.16. The van der Waals surface area contributed by atoms with Crippen LogP contribution in [0.4, 0.5) is 9.18 Å². The van der Waals surface area contributed by atoms with Crippen molar-refractivity contribution in [1.29, 1.82) is 0 Å². The zero-order valence-electron chi connectivity index (χ0n) is 14.6. The van der Waals surface area contributed by atoms with Crippen molar-refractivity contribution >= 4 is 29.7 Å². The Balaban J connectivity index is 1.65. The fraction of sp³-hybridized carbons (Fsp3) is 0.500. The van der Waals surface area contributed by atoms with Gasteiger partial charge in [0.2, 0.25) is 0 Å². The van der Waals surface area contributed by atoms with Gasteiger partial charge in [-0.3, -0.25) is 14.9 Å². The van der Waals surface area contributed by atoms with Gasteiger partial charge in [0.15, 0.2) is 6.61 Å². The number of amides is 3. The van der Waals surface area contributed by atoms with E-state index in [4.69, 9.17) is 4.74 Å². The summed E-state index contributed by atoms with van der Waals surface area (Å²) in [7, 11) is 0. The lowest BCUT2D eigenvalue weighted by Gasteiger charge is -2.29. The molecule has 1 aliphatic carbocycles. The van der Waals surface area contributed by atoms with Crippen LogP contribution in [0.3, 0.4) is 0 Å². The third kappa shape index (κ3) is 6.67. The molecule has 142 valence electrons. The van der Waals surface area contributed by atoms with Crippen LogP contribution in [0, 0.1) is 11.7 Å². The minimum absolute atomic E-state index is 0.0521. The van der Waals surface area contributed by atoms with E-state index in [1.807, 2.05) is 0 Å². The van der Waals surface area contributed by atoms with Gasteiger partial charge in [0.25, 0.3) is 5.91 Å². The molecule has 3 amide bonds. The Morgan fingerprint density at radius 2 is 1.96 bits per heavy atom. The van der Waals surface area contributed by atoms with Crippen molar-refractivity contribution in [2.24, 2.45) is 5.92 Å². The summed E-state index contributed by atoms with van der Waals surface area (Å²) >= 11 is 0.984. The molecule has 1 aromatic carbocycles. The van der Waals surface area contributed by atoms with Gasteiger partial charge in [-0.2, -0.15) is 0 Å². The predicted molar refractivity (Wildman–Crippen MR) is 96.2 cm³/mol. The van der Waals surface area contributed by atoms with E-state index in [1.165, 1.54) is 6.07 Å². The van der Waals surface area contributed by atoms with Crippen LogP contribution < -0.4 is 10.6 Å². The number of esters is 1. The smallest absolute Gasteiger partial charge is 0.321 e. The van der Waals surface area contributed by atoms with Gasteiger partial charge < -0.3 is 10.1 Å². The zero-order valence-corrected chi connectivity index (χ0v) is 15.4. The van der Waals surface area contributed by atoms with Crippen LogP contribution in [0.1, 0.15) is 32.6 Å². The lowest BCUT2D eigenvalue weighted by molar-refractivity contribution is -0.145. The Morgan fingerprint density at radius 1 is 1.23 bits per heavy atom. The molecule has 1 aliphatic rings. The molecule has 0 heterocycles. The molecule has 6 nitrogen and oxygen atoms in total. The molecule has 0 spiro atoms. The molecule has 2 atom stereocenters. The molecule has 1 aromatic rings. The maximum absolute atomic E-state index is 13.4. The number of carbonyl (C=O) groups is 3. The Morgan fingerprint density at radius 3 is 2.69 bits per heavy atom. The van der Waals surface area contributed by atoms with Crippen molar-refractivity contribution < 1.29 is 23.5 Å². The minimum Gasteiger partial charge on any atom is -0.455 e. The molecule has 2 N–H and O–H groups in total. The molecule has 0 saturated heterocycles. The van der Waals surface area contributed by atoms with Gasteiger partial charge in [-0.1, -0.05) is 31.9 Å². The Hall–Kier alpha value is -2.09. The zero-order chi connectivity index (χ0) is 18.9. The van der Waals surface area contributed by atoms with Gasteiger partial charge in [-0.05, 0) is 30.9 Å². The summed E-state index contributed by atoms with van der Waals surface area (Å²) < 4.78 is 18.2. The van der Waals surface area contributed by atoms with Crippen molar-refractivity contribution in [2.45, 2.75) is 43.5 Å². The first-order valence-electron chi connectivity index (χ1n) is 8.59. The van der Waals surface area contributed by atoms with Crippen molar-refractivity contribution in [3.05, 3.63) is 30.1 Å². The lowest BCUT2D eigenvalue weighted by Crippen LogP contribution is -2.48. The number of benzene rings is 1. The van der Waals surface area contributed by atoms with Gasteiger partial charge in [0.05, 0.1) is 5.75 Å². The van der Waals surface area contributed by atoms with Gasteiger partial charge in [0, 0.05) is 10.9 Å². The third-order valence-electron chi connectivity index (χ3n) is 4.23. The summed E-state index contributed by atoms with van der Waals surface area (Å²) in [5, 5.41) is 4.94. The van der Waals surface area contributed by atoms with Crippen LogP contribution in [0.2, 0.25) is 0 Å². The first-order chi connectivity index (χ1) is 12.5. The molecule has 26 heavy (non-hydrogen) atoms. The van der Waals surface area contributed by atoms with E-state index in [2.05, 4.69) is 17.6 Å². The second kappa shape index (κ2) is 10.2. The van der Waals surface area contributed by atoms with E-state index in [0.29, 0.717) is 10.8 Å².